The lowest BCUT2D eigenvalue weighted by molar-refractivity contribution is 0.668. The summed E-state index contributed by atoms with van der Waals surface area (Å²) in [6.07, 6.45) is 0. The van der Waals surface area contributed by atoms with Crippen molar-refractivity contribution in [3.8, 4) is 45.3 Å². The van der Waals surface area contributed by atoms with E-state index >= 15 is 0 Å². The van der Waals surface area contributed by atoms with Crippen molar-refractivity contribution in [1.29, 1.82) is 0 Å². The fraction of sp³-hybridized carbons (Fsp3) is 0. The molecule has 3 aromatic heterocycles. The van der Waals surface area contributed by atoms with Gasteiger partial charge < -0.3 is 8.83 Å². The average Bonchev–Trinajstić information content (AvgIpc) is 3.76. The molecule has 9 rings (SSSR count). The van der Waals surface area contributed by atoms with Gasteiger partial charge in [-0.3, -0.25) is 0 Å². The first kappa shape index (κ1) is 16.5. The number of hydrogen-bond acceptors (Lipinski definition) is 5. The number of furan rings is 2. The molecule has 0 spiro atoms. The minimum absolute atomic E-state index is 0.0435. The van der Waals surface area contributed by atoms with Crippen molar-refractivity contribution >= 4 is 43.9 Å². The van der Waals surface area contributed by atoms with Gasteiger partial charge in [0.2, 0.25) is 0 Å². The van der Waals surface area contributed by atoms with Gasteiger partial charge in [-0.2, -0.15) is 0 Å². The van der Waals surface area contributed by atoms with Crippen molar-refractivity contribution in [3.63, 3.8) is 0 Å². The second-order valence-corrected chi connectivity index (χ2v) is 10.1. The lowest BCUT2D eigenvalue weighted by Crippen LogP contribution is -2.00. The molecule has 206 valence electrons. The van der Waals surface area contributed by atoms with E-state index in [1.54, 1.807) is 18.2 Å². The van der Waals surface area contributed by atoms with Gasteiger partial charge in [0.15, 0.2) is 17.5 Å². The van der Waals surface area contributed by atoms with Gasteiger partial charge >= 0.3 is 0 Å². The normalized spacial score (nSPS) is 14.8. The van der Waals surface area contributed by atoms with Crippen LogP contribution in [0.5, 0.6) is 0 Å². The molecule has 0 unspecified atom stereocenters. The van der Waals surface area contributed by atoms with Gasteiger partial charge in [0.25, 0.3) is 0 Å². The standard InChI is InChI=1S/C39H23N3O2/c1-3-11-24(12-4-1)37-40-38(25-13-5-2-6-14-25)42-39(41-37)31-18-10-20-33-35(31)30-22-21-26(23-34(30)43-33)27-16-9-17-29-28-15-7-8-19-32(28)44-36(27)29/h1-23H/i1D,2D,3D,4D,5D,6D,11D,12D,13D,14D. The maximum absolute atomic E-state index is 8.64. The quantitative estimate of drug-likeness (QED) is 0.209. The summed E-state index contributed by atoms with van der Waals surface area (Å²) in [6.45, 7) is 0. The van der Waals surface area contributed by atoms with Crippen molar-refractivity contribution in [1.82, 2.24) is 15.0 Å². The Labute approximate surface area is 266 Å². The van der Waals surface area contributed by atoms with Crippen LogP contribution in [-0.4, -0.2) is 15.0 Å². The number of nitrogens with zero attached hydrogens (tertiary/aromatic N) is 3. The van der Waals surface area contributed by atoms with Crippen molar-refractivity contribution in [3.05, 3.63) is 139 Å². The van der Waals surface area contributed by atoms with E-state index in [2.05, 4.69) is 15.0 Å². The smallest absolute Gasteiger partial charge is 0.164 e. The summed E-state index contributed by atoms with van der Waals surface area (Å²) in [4.78, 5) is 13.6. The van der Waals surface area contributed by atoms with Gasteiger partial charge in [-0.25, -0.2) is 15.0 Å². The molecular formula is C39H23N3O2. The largest absolute Gasteiger partial charge is 0.456 e. The second-order valence-electron chi connectivity index (χ2n) is 10.1. The second kappa shape index (κ2) is 9.75. The van der Waals surface area contributed by atoms with E-state index < -0.39 is 60.4 Å². The Morgan fingerprint density at radius 2 is 1.09 bits per heavy atom. The molecule has 0 amide bonds. The molecule has 0 saturated carbocycles. The molecule has 0 aliphatic heterocycles. The molecule has 0 saturated heterocycles. The Balaban J connectivity index is 1.30. The highest BCUT2D eigenvalue weighted by Crippen LogP contribution is 2.40. The summed E-state index contributed by atoms with van der Waals surface area (Å²) in [5, 5.41) is 3.27. The molecule has 5 nitrogen and oxygen atoms in total. The van der Waals surface area contributed by atoms with Gasteiger partial charge in [0.05, 0.1) is 13.7 Å². The maximum Gasteiger partial charge on any atom is 0.164 e. The van der Waals surface area contributed by atoms with E-state index in [-0.39, 0.29) is 28.6 Å². The zero-order valence-corrected chi connectivity index (χ0v) is 22.7. The molecule has 44 heavy (non-hydrogen) atoms. The predicted molar refractivity (Wildman–Crippen MR) is 176 cm³/mol. The molecule has 0 bridgehead atoms. The molecule has 9 aromatic rings. The van der Waals surface area contributed by atoms with Gasteiger partial charge in [-0.15, -0.1) is 0 Å². The molecule has 0 aliphatic carbocycles. The summed E-state index contributed by atoms with van der Waals surface area (Å²) in [7, 11) is 0. The van der Waals surface area contributed by atoms with Gasteiger partial charge in [0, 0.05) is 43.8 Å². The van der Waals surface area contributed by atoms with Gasteiger partial charge in [-0.05, 0) is 29.8 Å². The van der Waals surface area contributed by atoms with Crippen LogP contribution in [0.4, 0.5) is 0 Å². The molecule has 6 aromatic carbocycles. The molecule has 0 fully saturated rings. The van der Waals surface area contributed by atoms with Crippen LogP contribution in [0.1, 0.15) is 13.7 Å². The van der Waals surface area contributed by atoms with Gasteiger partial charge in [-0.1, -0.05) is 115 Å². The third-order valence-electron chi connectivity index (χ3n) is 7.54. The van der Waals surface area contributed by atoms with E-state index in [1.165, 1.54) is 0 Å². The highest BCUT2D eigenvalue weighted by molar-refractivity contribution is 6.14. The maximum atomic E-state index is 8.64. The Hall–Kier alpha value is -6.07. The van der Waals surface area contributed by atoms with Gasteiger partial charge in [0.1, 0.15) is 22.3 Å². The lowest BCUT2D eigenvalue weighted by Gasteiger charge is -2.09. The Kier molecular flexibility index (Phi) is 3.66. The van der Waals surface area contributed by atoms with E-state index in [0.717, 1.165) is 33.1 Å². The highest BCUT2D eigenvalue weighted by atomic mass is 16.3. The SMILES string of the molecule is [2H]c1c([2H])c([2H])c(-c2nc(-c3c([2H])c([2H])c([2H])c([2H])c3[2H])nc(-c3cccc4oc5cc(-c6cccc7c6oc6ccccc67)ccc5c34)n2)c([2H])c1[2H]. The van der Waals surface area contributed by atoms with Crippen molar-refractivity contribution in [2.45, 2.75) is 0 Å². The van der Waals surface area contributed by atoms with Crippen LogP contribution in [0.15, 0.2) is 148 Å². The third kappa shape index (κ3) is 3.91. The summed E-state index contributed by atoms with van der Waals surface area (Å²) in [6, 6.07) is 18.8. The Morgan fingerprint density at radius 1 is 0.455 bits per heavy atom. The minimum Gasteiger partial charge on any atom is -0.456 e. The van der Waals surface area contributed by atoms with E-state index in [0.29, 0.717) is 27.5 Å². The first-order chi connectivity index (χ1) is 25.9. The molecule has 3 heterocycles. The molecule has 0 atom stereocenters. The predicted octanol–water partition coefficient (Wildman–Crippen LogP) is 10.3. The number of para-hydroxylation sites is 2. The number of aromatic nitrogens is 3. The molecule has 0 N–H and O–H groups in total. The third-order valence-corrected chi connectivity index (χ3v) is 7.54. The minimum atomic E-state index is -0.616. The number of fused-ring (bicyclic) bond motifs is 6. The first-order valence-corrected chi connectivity index (χ1v) is 13.7. The highest BCUT2D eigenvalue weighted by Gasteiger charge is 2.19. The molecular weight excluding hydrogens is 542 g/mol. The van der Waals surface area contributed by atoms with E-state index in [4.69, 9.17) is 22.5 Å². The van der Waals surface area contributed by atoms with Crippen LogP contribution in [-0.2, 0) is 0 Å². The zero-order valence-electron chi connectivity index (χ0n) is 32.7. The lowest BCUT2D eigenvalue weighted by atomic mass is 10.00. The first-order valence-electron chi connectivity index (χ1n) is 18.7. The number of benzene rings is 6. The molecule has 0 radical (unpaired) electrons. The summed E-state index contributed by atoms with van der Waals surface area (Å²) in [5.74, 6) is -0.729. The van der Waals surface area contributed by atoms with Crippen LogP contribution in [0.2, 0.25) is 0 Å². The van der Waals surface area contributed by atoms with Crippen molar-refractivity contribution < 1.29 is 22.5 Å². The zero-order chi connectivity index (χ0) is 37.7. The van der Waals surface area contributed by atoms with Crippen LogP contribution >= 0.6 is 0 Å². The fourth-order valence-electron chi connectivity index (χ4n) is 5.60. The molecule has 5 heteroatoms. The van der Waals surface area contributed by atoms with Crippen molar-refractivity contribution in [2.24, 2.45) is 0 Å². The number of rotatable bonds is 4. The average molecular weight is 576 g/mol. The Bertz CT molecular complexity index is 2940. The molecule has 0 aliphatic rings. The fourth-order valence-corrected chi connectivity index (χ4v) is 5.60. The van der Waals surface area contributed by atoms with Crippen molar-refractivity contribution in [2.75, 3.05) is 0 Å². The summed E-state index contributed by atoms with van der Waals surface area (Å²) in [5.41, 5.74) is 3.96. The topological polar surface area (TPSA) is 65.0 Å². The Morgan fingerprint density at radius 3 is 1.86 bits per heavy atom. The van der Waals surface area contributed by atoms with Crippen LogP contribution in [0.3, 0.4) is 0 Å². The summed E-state index contributed by atoms with van der Waals surface area (Å²) >= 11 is 0. The van der Waals surface area contributed by atoms with Crippen LogP contribution in [0.25, 0.3) is 89.2 Å². The van der Waals surface area contributed by atoms with Crippen LogP contribution < -0.4 is 0 Å². The number of hydrogen-bond donors (Lipinski definition) is 0. The van der Waals surface area contributed by atoms with E-state index in [9.17, 15) is 0 Å². The summed E-state index contributed by atoms with van der Waals surface area (Å²) < 4.78 is 96.5. The van der Waals surface area contributed by atoms with E-state index in [1.807, 2.05) is 60.7 Å². The van der Waals surface area contributed by atoms with Crippen LogP contribution in [0, 0.1) is 0 Å². The monoisotopic (exact) mass is 575 g/mol.